The Balaban J connectivity index is 2.58. The molecule has 5 heteroatoms. The highest BCUT2D eigenvalue weighted by atomic mass is 16.5. The van der Waals surface area contributed by atoms with Crippen molar-refractivity contribution in [1.82, 2.24) is 0 Å². The number of benzene rings is 1. The maximum Gasteiger partial charge on any atom is 0.265 e. The van der Waals surface area contributed by atoms with E-state index in [1.54, 1.807) is 12.1 Å². The molecule has 0 aliphatic carbocycles. The molecule has 0 spiro atoms. The van der Waals surface area contributed by atoms with Gasteiger partial charge in [0, 0.05) is 24.6 Å². The Morgan fingerprint density at radius 1 is 1.14 bits per heavy atom. The van der Waals surface area contributed by atoms with Gasteiger partial charge < -0.3 is 15.3 Å². The summed E-state index contributed by atoms with van der Waals surface area (Å²) in [6, 6.07) is 7.69. The lowest BCUT2D eigenvalue weighted by molar-refractivity contribution is -0.622. The molecule has 28 heavy (non-hydrogen) atoms. The van der Waals surface area contributed by atoms with Crippen LogP contribution in [0, 0.1) is 5.21 Å². The van der Waals surface area contributed by atoms with Crippen molar-refractivity contribution >= 4 is 11.6 Å². The predicted octanol–water partition coefficient (Wildman–Crippen LogP) is 4.39. The van der Waals surface area contributed by atoms with Crippen LogP contribution in [0.5, 0.6) is 5.75 Å². The highest BCUT2D eigenvalue weighted by Gasteiger charge is 2.27. The third-order valence-electron chi connectivity index (χ3n) is 4.86. The van der Waals surface area contributed by atoms with E-state index in [9.17, 15) is 10.0 Å². The lowest BCUT2D eigenvalue weighted by atomic mass is 10.0. The van der Waals surface area contributed by atoms with Crippen LogP contribution in [0.25, 0.3) is 0 Å². The molecule has 1 N–H and O–H groups in total. The molecule has 150 valence electrons. The summed E-state index contributed by atoms with van der Waals surface area (Å²) < 4.78 is 6.63. The van der Waals surface area contributed by atoms with E-state index in [4.69, 9.17) is 4.74 Å². The van der Waals surface area contributed by atoms with Gasteiger partial charge in [0.25, 0.3) is 5.91 Å². The number of para-hydroxylation sites is 1. The van der Waals surface area contributed by atoms with E-state index in [2.05, 4.69) is 25.7 Å². The molecule has 1 aromatic heterocycles. The van der Waals surface area contributed by atoms with E-state index in [0.717, 1.165) is 34.4 Å². The van der Waals surface area contributed by atoms with Gasteiger partial charge in [-0.15, -0.1) is 0 Å². The molecular weight excluding hydrogens is 352 g/mol. The summed E-state index contributed by atoms with van der Waals surface area (Å²) in [6.45, 7) is 11.8. The van der Waals surface area contributed by atoms with Crippen molar-refractivity contribution in [3.63, 3.8) is 0 Å². The molecule has 2 rings (SSSR count). The van der Waals surface area contributed by atoms with Gasteiger partial charge in [-0.25, -0.2) is 0 Å². The van der Waals surface area contributed by atoms with Crippen LogP contribution in [0.4, 0.5) is 5.69 Å². The van der Waals surface area contributed by atoms with Crippen LogP contribution in [0.15, 0.2) is 36.9 Å². The summed E-state index contributed by atoms with van der Waals surface area (Å²) in [5.41, 5.74) is 4.26. The van der Waals surface area contributed by atoms with Gasteiger partial charge in [0.15, 0.2) is 5.69 Å². The average molecular weight is 383 g/mol. The number of ether oxygens (including phenoxy) is 1. The van der Waals surface area contributed by atoms with Crippen LogP contribution in [0.1, 0.15) is 60.6 Å². The predicted molar refractivity (Wildman–Crippen MR) is 113 cm³/mol. The maximum absolute atomic E-state index is 13.3. The number of amides is 1. The number of hydrogen-bond donors (Lipinski definition) is 1. The minimum absolute atomic E-state index is 0.265. The fraction of sp³-hybridized carbons (Fsp3) is 0.391. The number of nitrogens with zero attached hydrogens (tertiary/aromatic N) is 1. The molecule has 0 saturated carbocycles. The van der Waals surface area contributed by atoms with Gasteiger partial charge in [-0.3, -0.25) is 4.79 Å². The third-order valence-corrected chi connectivity index (χ3v) is 4.86. The second-order valence-corrected chi connectivity index (χ2v) is 6.54. The second-order valence-electron chi connectivity index (χ2n) is 6.54. The smallest absolute Gasteiger partial charge is 0.265 e. The lowest BCUT2D eigenvalue weighted by Gasteiger charge is -2.18. The fourth-order valence-corrected chi connectivity index (χ4v) is 3.35. The molecule has 0 atom stereocenters. The minimum atomic E-state index is -0.321. The number of hydrogen-bond acceptors (Lipinski definition) is 3. The van der Waals surface area contributed by atoms with Crippen LogP contribution >= 0.6 is 0 Å². The first kappa shape index (κ1) is 21.5. The second kappa shape index (κ2) is 9.93. The highest BCUT2D eigenvalue weighted by molar-refractivity contribution is 6.07. The molecule has 2 aromatic rings. The largest absolute Gasteiger partial charge is 0.618 e. The molecule has 0 aliphatic rings. The number of pyridine rings is 1. The van der Waals surface area contributed by atoms with E-state index in [-0.39, 0.29) is 12.5 Å². The Hall–Kier alpha value is -2.82. The summed E-state index contributed by atoms with van der Waals surface area (Å²) in [5.74, 6) is 0.101. The maximum atomic E-state index is 13.3. The van der Waals surface area contributed by atoms with E-state index in [1.807, 2.05) is 32.0 Å². The first-order chi connectivity index (χ1) is 13.5. The zero-order chi connectivity index (χ0) is 20.7. The summed E-state index contributed by atoms with van der Waals surface area (Å²) in [5, 5.41) is 15.8. The molecule has 0 unspecified atom stereocenters. The summed E-state index contributed by atoms with van der Waals surface area (Å²) in [4.78, 5) is 13.3. The summed E-state index contributed by atoms with van der Waals surface area (Å²) in [6.07, 6.45) is 4.22. The zero-order valence-electron chi connectivity index (χ0n) is 17.3. The molecule has 0 radical (unpaired) electrons. The number of carbonyl (C=O) groups is 1. The quantitative estimate of drug-likeness (QED) is 0.397. The number of aromatic nitrogens is 1. The number of nitrogens with one attached hydrogen (secondary N) is 1. The molecule has 1 amide bonds. The molecule has 1 aromatic carbocycles. The monoisotopic (exact) mass is 382 g/mol. The van der Waals surface area contributed by atoms with Crippen molar-refractivity contribution < 1.29 is 14.3 Å². The van der Waals surface area contributed by atoms with Gasteiger partial charge in [-0.05, 0) is 24.0 Å². The fourth-order valence-electron chi connectivity index (χ4n) is 3.35. The Bertz CT molecular complexity index is 837. The number of aryl methyl sites for hydroxylation is 3. The van der Waals surface area contributed by atoms with Gasteiger partial charge in [-0.1, -0.05) is 58.5 Å². The van der Waals surface area contributed by atoms with Crippen molar-refractivity contribution in [2.45, 2.75) is 53.4 Å². The van der Waals surface area contributed by atoms with E-state index in [1.165, 1.54) is 0 Å². The van der Waals surface area contributed by atoms with E-state index < -0.39 is 0 Å². The van der Waals surface area contributed by atoms with Crippen LogP contribution in [-0.2, 0) is 25.7 Å². The first-order valence-corrected chi connectivity index (χ1v) is 9.96. The van der Waals surface area contributed by atoms with Crippen molar-refractivity contribution in [3.05, 3.63) is 70.2 Å². The van der Waals surface area contributed by atoms with Gasteiger partial charge in [0.2, 0.25) is 5.69 Å². The minimum Gasteiger partial charge on any atom is -0.618 e. The van der Waals surface area contributed by atoms with Crippen molar-refractivity contribution in [1.29, 1.82) is 0 Å². The summed E-state index contributed by atoms with van der Waals surface area (Å²) >= 11 is 0. The number of carbonyl (C=O) groups excluding carboxylic acids is 1. The zero-order valence-corrected chi connectivity index (χ0v) is 17.3. The van der Waals surface area contributed by atoms with Crippen molar-refractivity contribution in [2.75, 3.05) is 11.9 Å². The Labute approximate surface area is 167 Å². The SMILES string of the molecule is C=CCOc1cc(CC)[n+]([O-])c(CC)c1C(=O)Nc1c(CC)cccc1CC. The number of rotatable bonds is 9. The Morgan fingerprint density at radius 2 is 1.79 bits per heavy atom. The van der Waals surface area contributed by atoms with Crippen LogP contribution in [0.3, 0.4) is 0 Å². The standard InChI is InChI=1S/C23H30N2O3/c1-6-14-28-20-15-18(9-4)25(27)19(10-5)21(20)23(26)24-22-16(7-2)12-11-13-17(22)8-3/h6,11-13,15H,1,7-10,14H2,2-5H3,(H,24,26). The van der Waals surface area contributed by atoms with Gasteiger partial charge in [0.1, 0.15) is 17.9 Å². The molecule has 0 aliphatic heterocycles. The van der Waals surface area contributed by atoms with Crippen molar-refractivity contribution in [2.24, 2.45) is 0 Å². The van der Waals surface area contributed by atoms with Gasteiger partial charge in [0.05, 0.1) is 0 Å². The number of anilines is 1. The average Bonchev–Trinajstić information content (AvgIpc) is 2.72. The van der Waals surface area contributed by atoms with Crippen LogP contribution < -0.4 is 14.8 Å². The molecular formula is C23H30N2O3. The molecule has 0 fully saturated rings. The molecule has 1 heterocycles. The molecule has 0 bridgehead atoms. The molecule has 5 nitrogen and oxygen atoms in total. The molecule has 0 saturated heterocycles. The first-order valence-electron chi connectivity index (χ1n) is 9.96. The lowest BCUT2D eigenvalue weighted by Crippen LogP contribution is -2.39. The van der Waals surface area contributed by atoms with Crippen LogP contribution in [-0.4, -0.2) is 12.5 Å². The van der Waals surface area contributed by atoms with Gasteiger partial charge >= 0.3 is 0 Å². The van der Waals surface area contributed by atoms with E-state index in [0.29, 0.717) is 35.5 Å². The van der Waals surface area contributed by atoms with E-state index >= 15 is 0 Å². The summed E-state index contributed by atoms with van der Waals surface area (Å²) in [7, 11) is 0. The highest BCUT2D eigenvalue weighted by Crippen LogP contribution is 2.27. The Morgan fingerprint density at radius 3 is 2.29 bits per heavy atom. The van der Waals surface area contributed by atoms with Crippen LogP contribution in [0.2, 0.25) is 0 Å². The topological polar surface area (TPSA) is 65.3 Å². The van der Waals surface area contributed by atoms with Gasteiger partial charge in [-0.2, -0.15) is 4.73 Å². The normalized spacial score (nSPS) is 10.6. The van der Waals surface area contributed by atoms with Crippen molar-refractivity contribution in [3.8, 4) is 5.75 Å². The Kier molecular flexibility index (Phi) is 7.61. The third kappa shape index (κ3) is 4.35.